The average Bonchev–Trinajstić information content (AvgIpc) is 2.41. The molecule has 1 N–H and O–H groups in total. The molecule has 0 amide bonds. The van der Waals surface area contributed by atoms with E-state index in [-0.39, 0.29) is 5.02 Å². The Morgan fingerprint density at radius 3 is 2.74 bits per heavy atom. The third-order valence-electron chi connectivity index (χ3n) is 2.50. The highest BCUT2D eigenvalue weighted by atomic mass is 35.5. The van der Waals surface area contributed by atoms with Crippen LogP contribution in [0.2, 0.25) is 5.02 Å². The van der Waals surface area contributed by atoms with Gasteiger partial charge in [0, 0.05) is 25.8 Å². The predicted molar refractivity (Wildman–Crippen MR) is 75.5 cm³/mol. The Kier molecular flexibility index (Phi) is 8.54. The first-order valence-corrected chi connectivity index (χ1v) is 6.98. The van der Waals surface area contributed by atoms with Crippen LogP contribution < -0.4 is 10.1 Å². The van der Waals surface area contributed by atoms with E-state index < -0.39 is 5.82 Å². The molecule has 0 aliphatic heterocycles. The summed E-state index contributed by atoms with van der Waals surface area (Å²) in [6.07, 6.45) is 2.26. The minimum atomic E-state index is -0.434. The van der Waals surface area contributed by atoms with E-state index >= 15 is 0 Å². The molecular formula is C14H21ClFNO2. The normalized spacial score (nSPS) is 10.7. The molecule has 0 fully saturated rings. The predicted octanol–water partition coefficient (Wildman–Crippen LogP) is 3.26. The van der Waals surface area contributed by atoms with Gasteiger partial charge in [-0.3, -0.25) is 0 Å². The minimum absolute atomic E-state index is 0.0785. The first kappa shape index (κ1) is 16.2. The quantitative estimate of drug-likeness (QED) is 0.671. The van der Waals surface area contributed by atoms with Crippen molar-refractivity contribution in [3.63, 3.8) is 0 Å². The lowest BCUT2D eigenvalue weighted by Gasteiger charge is -2.08. The van der Waals surface area contributed by atoms with Crippen molar-refractivity contribution in [3.05, 3.63) is 29.0 Å². The lowest BCUT2D eigenvalue weighted by atomic mass is 10.3. The van der Waals surface area contributed by atoms with Gasteiger partial charge in [-0.15, -0.1) is 0 Å². The lowest BCUT2D eigenvalue weighted by Crippen LogP contribution is -2.25. The van der Waals surface area contributed by atoms with Gasteiger partial charge in [-0.05, 0) is 18.6 Å². The van der Waals surface area contributed by atoms with Crippen LogP contribution in [0.25, 0.3) is 0 Å². The summed E-state index contributed by atoms with van der Waals surface area (Å²) in [4.78, 5) is 0. The van der Waals surface area contributed by atoms with Crippen LogP contribution in [0.3, 0.4) is 0 Å². The van der Waals surface area contributed by atoms with Crippen molar-refractivity contribution in [2.75, 3.05) is 32.9 Å². The second-order valence-electron chi connectivity index (χ2n) is 4.14. The highest BCUT2D eigenvalue weighted by Crippen LogP contribution is 2.20. The van der Waals surface area contributed by atoms with Crippen molar-refractivity contribution in [2.45, 2.75) is 19.8 Å². The van der Waals surface area contributed by atoms with E-state index in [1.54, 1.807) is 6.07 Å². The fourth-order valence-electron chi connectivity index (χ4n) is 1.43. The van der Waals surface area contributed by atoms with Crippen LogP contribution in [0.5, 0.6) is 5.75 Å². The molecule has 0 atom stereocenters. The number of ether oxygens (including phenoxy) is 2. The van der Waals surface area contributed by atoms with Crippen molar-refractivity contribution in [1.82, 2.24) is 5.32 Å². The van der Waals surface area contributed by atoms with Crippen LogP contribution in [0, 0.1) is 5.82 Å². The van der Waals surface area contributed by atoms with Crippen LogP contribution in [0.1, 0.15) is 19.8 Å². The fourth-order valence-corrected chi connectivity index (χ4v) is 1.60. The summed E-state index contributed by atoms with van der Waals surface area (Å²) in [7, 11) is 0. The third kappa shape index (κ3) is 7.35. The van der Waals surface area contributed by atoms with E-state index in [9.17, 15) is 4.39 Å². The lowest BCUT2D eigenvalue weighted by molar-refractivity contribution is 0.132. The fraction of sp³-hybridized carbons (Fsp3) is 0.571. The Morgan fingerprint density at radius 2 is 2.00 bits per heavy atom. The van der Waals surface area contributed by atoms with Crippen LogP contribution in [0.4, 0.5) is 4.39 Å². The Hall–Kier alpha value is -0.840. The molecule has 0 unspecified atom stereocenters. The van der Waals surface area contributed by atoms with Gasteiger partial charge in [0.1, 0.15) is 18.2 Å². The number of hydrogen-bond donors (Lipinski definition) is 1. The summed E-state index contributed by atoms with van der Waals surface area (Å²) < 4.78 is 23.7. The Morgan fingerprint density at radius 1 is 1.21 bits per heavy atom. The smallest absolute Gasteiger partial charge is 0.142 e. The number of rotatable bonds is 10. The van der Waals surface area contributed by atoms with Crippen molar-refractivity contribution in [1.29, 1.82) is 0 Å². The zero-order chi connectivity index (χ0) is 13.9. The van der Waals surface area contributed by atoms with E-state index in [2.05, 4.69) is 12.2 Å². The number of nitrogens with one attached hydrogen (secondary N) is 1. The summed E-state index contributed by atoms with van der Waals surface area (Å²) in [6.45, 7) is 5.70. The van der Waals surface area contributed by atoms with E-state index in [1.165, 1.54) is 12.1 Å². The van der Waals surface area contributed by atoms with Gasteiger partial charge in [0.25, 0.3) is 0 Å². The second-order valence-corrected chi connectivity index (χ2v) is 4.55. The Labute approximate surface area is 119 Å². The van der Waals surface area contributed by atoms with Gasteiger partial charge in [0.2, 0.25) is 0 Å². The molecular weight excluding hydrogens is 269 g/mol. The molecule has 0 saturated carbocycles. The standard InChI is InChI=1S/C14H21ClFNO2/c1-2-3-8-18-9-6-17-7-10-19-12-4-5-14(16)13(15)11-12/h4-5,11,17H,2-3,6-10H2,1H3. The molecule has 108 valence electrons. The van der Waals surface area contributed by atoms with E-state index in [1.807, 2.05) is 0 Å². The maximum atomic E-state index is 12.9. The van der Waals surface area contributed by atoms with Crippen molar-refractivity contribution in [2.24, 2.45) is 0 Å². The molecule has 0 bridgehead atoms. The topological polar surface area (TPSA) is 30.5 Å². The third-order valence-corrected chi connectivity index (χ3v) is 2.79. The van der Waals surface area contributed by atoms with Crippen molar-refractivity contribution < 1.29 is 13.9 Å². The molecule has 3 nitrogen and oxygen atoms in total. The van der Waals surface area contributed by atoms with E-state index in [0.717, 1.165) is 26.0 Å². The van der Waals surface area contributed by atoms with Gasteiger partial charge in [-0.2, -0.15) is 0 Å². The van der Waals surface area contributed by atoms with Gasteiger partial charge in [-0.25, -0.2) is 4.39 Å². The van der Waals surface area contributed by atoms with Crippen LogP contribution in [-0.2, 0) is 4.74 Å². The molecule has 1 aromatic rings. The SMILES string of the molecule is CCCCOCCNCCOc1ccc(F)c(Cl)c1. The summed E-state index contributed by atoms with van der Waals surface area (Å²) in [5.41, 5.74) is 0. The first-order valence-electron chi connectivity index (χ1n) is 6.60. The zero-order valence-electron chi connectivity index (χ0n) is 11.3. The molecule has 0 spiro atoms. The van der Waals surface area contributed by atoms with Crippen LogP contribution in [-0.4, -0.2) is 32.9 Å². The average molecular weight is 290 g/mol. The highest BCUT2D eigenvalue weighted by molar-refractivity contribution is 6.30. The number of hydrogen-bond acceptors (Lipinski definition) is 3. The first-order chi connectivity index (χ1) is 9.24. The Bertz CT molecular complexity index is 363. The molecule has 0 saturated heterocycles. The summed E-state index contributed by atoms with van der Waals surface area (Å²) in [5, 5.41) is 3.28. The summed E-state index contributed by atoms with van der Waals surface area (Å²) in [5.74, 6) is 0.142. The molecule has 19 heavy (non-hydrogen) atoms. The van der Waals surface area contributed by atoms with Crippen molar-refractivity contribution >= 4 is 11.6 Å². The molecule has 0 heterocycles. The molecule has 1 aromatic carbocycles. The van der Waals surface area contributed by atoms with Gasteiger partial charge in [0.05, 0.1) is 11.6 Å². The largest absolute Gasteiger partial charge is 0.492 e. The molecule has 0 aliphatic carbocycles. The van der Waals surface area contributed by atoms with Gasteiger partial charge in [0.15, 0.2) is 0 Å². The van der Waals surface area contributed by atoms with Crippen LogP contribution >= 0.6 is 11.6 Å². The van der Waals surface area contributed by atoms with Crippen molar-refractivity contribution in [3.8, 4) is 5.75 Å². The number of unbranched alkanes of at least 4 members (excludes halogenated alkanes) is 1. The van der Waals surface area contributed by atoms with E-state index in [0.29, 0.717) is 25.5 Å². The molecule has 0 radical (unpaired) electrons. The summed E-state index contributed by atoms with van der Waals surface area (Å²) in [6, 6.07) is 4.34. The maximum Gasteiger partial charge on any atom is 0.142 e. The zero-order valence-corrected chi connectivity index (χ0v) is 12.0. The second kappa shape index (κ2) is 10.0. The van der Waals surface area contributed by atoms with Gasteiger partial charge >= 0.3 is 0 Å². The molecule has 0 aromatic heterocycles. The van der Waals surface area contributed by atoms with E-state index in [4.69, 9.17) is 21.1 Å². The molecule has 1 rings (SSSR count). The number of benzene rings is 1. The molecule has 5 heteroatoms. The minimum Gasteiger partial charge on any atom is -0.492 e. The maximum absolute atomic E-state index is 12.9. The van der Waals surface area contributed by atoms with Crippen LogP contribution in [0.15, 0.2) is 18.2 Å². The van der Waals surface area contributed by atoms with Gasteiger partial charge < -0.3 is 14.8 Å². The highest BCUT2D eigenvalue weighted by Gasteiger charge is 2.01. The molecule has 0 aliphatic rings. The van der Waals surface area contributed by atoms with Gasteiger partial charge in [-0.1, -0.05) is 24.9 Å². The summed E-state index contributed by atoms with van der Waals surface area (Å²) >= 11 is 5.65. The Balaban J connectivity index is 2.00. The number of halogens is 2. The monoisotopic (exact) mass is 289 g/mol.